The van der Waals surface area contributed by atoms with E-state index >= 15 is 0 Å². The van der Waals surface area contributed by atoms with Crippen LogP contribution in [0.15, 0.2) is 47.4 Å². The van der Waals surface area contributed by atoms with Crippen LogP contribution in [0.1, 0.15) is 21.5 Å². The molecular weight excluding hydrogens is 324 g/mol. The topological polar surface area (TPSA) is 89.3 Å². The fraction of sp³-hybridized carbons (Fsp3) is 0.133. The fourth-order valence-electron chi connectivity index (χ4n) is 1.92. The van der Waals surface area contributed by atoms with Gasteiger partial charge in [-0.15, -0.1) is 0 Å². The number of hydrogen-bond donors (Lipinski definition) is 2. The van der Waals surface area contributed by atoms with Gasteiger partial charge >= 0.3 is 0 Å². The van der Waals surface area contributed by atoms with Crippen molar-refractivity contribution in [2.24, 2.45) is 5.73 Å². The van der Waals surface area contributed by atoms with Crippen molar-refractivity contribution in [3.05, 3.63) is 64.2 Å². The summed E-state index contributed by atoms with van der Waals surface area (Å²) < 4.78 is 27.1. The monoisotopic (exact) mass is 338 g/mol. The van der Waals surface area contributed by atoms with Crippen molar-refractivity contribution in [1.82, 2.24) is 4.72 Å². The standard InChI is InChI=1S/C15H15ClN2O3S/c1-10-4-2-7-13(14(10)16)22(20,21)18-9-11-5-3-6-12(8-11)15(17)19/h2-8,18H,9H2,1H3,(H2,17,19). The summed E-state index contributed by atoms with van der Waals surface area (Å²) in [4.78, 5) is 11.2. The number of carbonyl (C=O) groups is 1. The third kappa shape index (κ3) is 3.65. The highest BCUT2D eigenvalue weighted by atomic mass is 35.5. The van der Waals surface area contributed by atoms with E-state index in [-0.39, 0.29) is 16.5 Å². The normalized spacial score (nSPS) is 11.4. The number of carbonyl (C=O) groups excluding carboxylic acids is 1. The maximum absolute atomic E-state index is 12.3. The summed E-state index contributed by atoms with van der Waals surface area (Å²) in [6.07, 6.45) is 0. The lowest BCUT2D eigenvalue weighted by atomic mass is 10.1. The van der Waals surface area contributed by atoms with Gasteiger partial charge in [-0.25, -0.2) is 13.1 Å². The zero-order chi connectivity index (χ0) is 16.3. The Morgan fingerprint density at radius 1 is 1.23 bits per heavy atom. The minimum absolute atomic E-state index is 0.0280. The first-order valence-electron chi connectivity index (χ1n) is 6.45. The van der Waals surface area contributed by atoms with Gasteiger partial charge in [-0.1, -0.05) is 35.9 Å². The van der Waals surface area contributed by atoms with E-state index in [1.165, 1.54) is 6.07 Å². The summed E-state index contributed by atoms with van der Waals surface area (Å²) in [7, 11) is -3.74. The van der Waals surface area contributed by atoms with Gasteiger partial charge in [-0.05, 0) is 36.2 Å². The maximum Gasteiger partial charge on any atom is 0.248 e. The van der Waals surface area contributed by atoms with Gasteiger partial charge in [0.15, 0.2) is 0 Å². The van der Waals surface area contributed by atoms with Gasteiger partial charge in [0.1, 0.15) is 4.90 Å². The Hall–Kier alpha value is -1.89. The Balaban J connectivity index is 2.22. The predicted octanol–water partition coefficient (Wildman–Crippen LogP) is 2.23. The molecule has 0 heterocycles. The molecule has 2 rings (SSSR count). The van der Waals surface area contributed by atoms with Crippen molar-refractivity contribution < 1.29 is 13.2 Å². The van der Waals surface area contributed by atoms with Crippen LogP contribution in [0.25, 0.3) is 0 Å². The van der Waals surface area contributed by atoms with Gasteiger partial charge < -0.3 is 5.73 Å². The summed E-state index contributed by atoms with van der Waals surface area (Å²) in [5.41, 5.74) is 6.83. The minimum Gasteiger partial charge on any atom is -0.366 e. The van der Waals surface area contributed by atoms with Crippen LogP contribution in [0.4, 0.5) is 0 Å². The Labute approximate surface area is 134 Å². The van der Waals surface area contributed by atoms with Crippen molar-refractivity contribution in [3.8, 4) is 0 Å². The van der Waals surface area contributed by atoms with Crippen molar-refractivity contribution in [2.45, 2.75) is 18.4 Å². The van der Waals surface area contributed by atoms with Gasteiger partial charge in [0.2, 0.25) is 15.9 Å². The Morgan fingerprint density at radius 3 is 2.59 bits per heavy atom. The summed E-state index contributed by atoms with van der Waals surface area (Å²) in [5, 5.41) is 0.195. The molecule has 0 saturated carbocycles. The maximum atomic E-state index is 12.3. The third-order valence-electron chi connectivity index (χ3n) is 3.12. The van der Waals surface area contributed by atoms with Crippen LogP contribution < -0.4 is 10.5 Å². The second-order valence-corrected chi connectivity index (χ2v) is 6.89. The van der Waals surface area contributed by atoms with E-state index < -0.39 is 15.9 Å². The largest absolute Gasteiger partial charge is 0.366 e. The number of amides is 1. The highest BCUT2D eigenvalue weighted by Gasteiger charge is 2.18. The molecule has 0 bridgehead atoms. The number of halogens is 1. The van der Waals surface area contributed by atoms with Gasteiger partial charge in [-0.2, -0.15) is 0 Å². The van der Waals surface area contributed by atoms with E-state index in [1.54, 1.807) is 43.3 Å². The predicted molar refractivity (Wildman–Crippen MR) is 85.2 cm³/mol. The molecule has 0 aromatic heterocycles. The van der Waals surface area contributed by atoms with E-state index in [2.05, 4.69) is 4.72 Å². The highest BCUT2D eigenvalue weighted by molar-refractivity contribution is 7.89. The van der Waals surface area contributed by atoms with Crippen LogP contribution in [0.3, 0.4) is 0 Å². The van der Waals surface area contributed by atoms with Crippen LogP contribution >= 0.6 is 11.6 Å². The van der Waals surface area contributed by atoms with Crippen molar-refractivity contribution >= 4 is 27.5 Å². The minimum atomic E-state index is -3.74. The number of primary amides is 1. The van der Waals surface area contributed by atoms with E-state index in [4.69, 9.17) is 17.3 Å². The number of nitrogens with two attached hydrogens (primary N) is 1. The fourth-order valence-corrected chi connectivity index (χ4v) is 3.52. The second-order valence-electron chi connectivity index (χ2n) is 4.78. The van der Waals surface area contributed by atoms with Crippen molar-refractivity contribution in [3.63, 3.8) is 0 Å². The SMILES string of the molecule is Cc1cccc(S(=O)(=O)NCc2cccc(C(N)=O)c2)c1Cl. The van der Waals surface area contributed by atoms with Crippen LogP contribution in [-0.2, 0) is 16.6 Å². The molecule has 3 N–H and O–H groups in total. The van der Waals surface area contributed by atoms with E-state index in [9.17, 15) is 13.2 Å². The third-order valence-corrected chi connectivity index (χ3v) is 5.18. The summed E-state index contributed by atoms with van der Waals surface area (Å²) in [6.45, 7) is 1.77. The molecule has 2 aromatic rings. The zero-order valence-electron chi connectivity index (χ0n) is 11.8. The lowest BCUT2D eigenvalue weighted by molar-refractivity contribution is 0.1000. The first-order valence-corrected chi connectivity index (χ1v) is 8.31. The van der Waals surface area contributed by atoms with Crippen molar-refractivity contribution in [1.29, 1.82) is 0 Å². The molecule has 22 heavy (non-hydrogen) atoms. The van der Waals surface area contributed by atoms with Crippen molar-refractivity contribution in [2.75, 3.05) is 0 Å². The molecular formula is C15H15ClN2O3S. The molecule has 0 fully saturated rings. The van der Waals surface area contributed by atoms with Gasteiger partial charge in [0.05, 0.1) is 5.02 Å². The number of nitrogens with one attached hydrogen (secondary N) is 1. The van der Waals surface area contributed by atoms with Crippen LogP contribution in [-0.4, -0.2) is 14.3 Å². The van der Waals surface area contributed by atoms with Crippen LogP contribution in [0, 0.1) is 6.92 Å². The van der Waals surface area contributed by atoms with Gasteiger partial charge in [0.25, 0.3) is 0 Å². The number of aryl methyl sites for hydroxylation is 1. The van der Waals surface area contributed by atoms with Crippen LogP contribution in [0.5, 0.6) is 0 Å². The Kier molecular flexibility index (Phi) is 4.85. The quantitative estimate of drug-likeness (QED) is 0.876. The average Bonchev–Trinajstić information content (AvgIpc) is 2.48. The molecule has 0 radical (unpaired) electrons. The molecule has 0 aliphatic rings. The van der Waals surface area contributed by atoms with E-state index in [1.807, 2.05) is 0 Å². The Bertz CT molecular complexity index is 819. The molecule has 2 aromatic carbocycles. The van der Waals surface area contributed by atoms with Gasteiger partial charge in [-0.3, -0.25) is 4.79 Å². The lowest BCUT2D eigenvalue weighted by Gasteiger charge is -2.10. The molecule has 0 saturated heterocycles. The first kappa shape index (κ1) is 16.5. The summed E-state index contributed by atoms with van der Waals surface area (Å²) in [5.74, 6) is -0.563. The molecule has 0 aliphatic carbocycles. The van der Waals surface area contributed by atoms with E-state index in [0.29, 0.717) is 16.7 Å². The smallest absolute Gasteiger partial charge is 0.248 e. The number of sulfonamides is 1. The second kappa shape index (κ2) is 6.48. The molecule has 5 nitrogen and oxygen atoms in total. The molecule has 0 spiro atoms. The van der Waals surface area contributed by atoms with Gasteiger partial charge in [0, 0.05) is 12.1 Å². The number of rotatable bonds is 5. The molecule has 7 heteroatoms. The summed E-state index contributed by atoms with van der Waals surface area (Å²) in [6, 6.07) is 11.3. The number of benzene rings is 2. The molecule has 116 valence electrons. The first-order chi connectivity index (χ1) is 10.3. The molecule has 1 amide bonds. The highest BCUT2D eigenvalue weighted by Crippen LogP contribution is 2.24. The zero-order valence-corrected chi connectivity index (χ0v) is 13.4. The van der Waals surface area contributed by atoms with Crippen LogP contribution in [0.2, 0.25) is 5.02 Å². The Morgan fingerprint density at radius 2 is 1.91 bits per heavy atom. The lowest BCUT2D eigenvalue weighted by Crippen LogP contribution is -2.24. The molecule has 0 atom stereocenters. The average molecular weight is 339 g/mol. The van der Waals surface area contributed by atoms with E-state index in [0.717, 1.165) is 0 Å². The molecule has 0 aliphatic heterocycles. The number of hydrogen-bond acceptors (Lipinski definition) is 3. The summed E-state index contributed by atoms with van der Waals surface area (Å²) >= 11 is 6.05. The molecule has 0 unspecified atom stereocenters.